The highest BCUT2D eigenvalue weighted by atomic mass is 16.5. The average Bonchev–Trinajstić information content (AvgIpc) is 2.76. The van der Waals surface area contributed by atoms with Crippen molar-refractivity contribution in [2.75, 3.05) is 24.6 Å². The zero-order valence-electron chi connectivity index (χ0n) is 9.22. The molecule has 0 bridgehead atoms. The predicted molar refractivity (Wildman–Crippen MR) is 61.6 cm³/mol. The molecule has 2 aromatic rings. The van der Waals surface area contributed by atoms with Crippen LogP contribution in [-0.2, 0) is 4.74 Å². The van der Waals surface area contributed by atoms with E-state index in [0.29, 0.717) is 0 Å². The van der Waals surface area contributed by atoms with Crippen LogP contribution in [0.15, 0.2) is 29.0 Å². The summed E-state index contributed by atoms with van der Waals surface area (Å²) >= 11 is 0. The maximum Gasteiger partial charge on any atom is 0.139 e. The van der Waals surface area contributed by atoms with Crippen LogP contribution in [0.4, 0.5) is 5.82 Å². The van der Waals surface area contributed by atoms with Crippen molar-refractivity contribution in [1.82, 2.24) is 4.98 Å². The second kappa shape index (κ2) is 3.79. The van der Waals surface area contributed by atoms with E-state index in [1.165, 1.54) is 0 Å². The van der Waals surface area contributed by atoms with Crippen molar-refractivity contribution in [3.8, 4) is 0 Å². The van der Waals surface area contributed by atoms with E-state index in [2.05, 4.69) is 16.8 Å². The lowest BCUT2D eigenvalue weighted by atomic mass is 10.2. The van der Waals surface area contributed by atoms with Gasteiger partial charge in [0.2, 0.25) is 0 Å². The van der Waals surface area contributed by atoms with Crippen LogP contribution in [0.5, 0.6) is 0 Å². The summed E-state index contributed by atoms with van der Waals surface area (Å²) in [6, 6.07) is 3.86. The fourth-order valence-corrected chi connectivity index (χ4v) is 2.14. The molecule has 1 saturated heterocycles. The van der Waals surface area contributed by atoms with Crippen molar-refractivity contribution in [3.63, 3.8) is 0 Å². The SMILES string of the molecule is CC1CN(c2nccc3occc23)CCO1. The minimum absolute atomic E-state index is 0.262. The Labute approximate surface area is 93.8 Å². The molecule has 0 spiro atoms. The molecule has 16 heavy (non-hydrogen) atoms. The third-order valence-electron chi connectivity index (χ3n) is 2.90. The lowest BCUT2D eigenvalue weighted by Crippen LogP contribution is -2.41. The lowest BCUT2D eigenvalue weighted by molar-refractivity contribution is 0.0530. The Morgan fingerprint density at radius 3 is 3.25 bits per heavy atom. The molecule has 3 rings (SSSR count). The van der Waals surface area contributed by atoms with Crippen LogP contribution >= 0.6 is 0 Å². The van der Waals surface area contributed by atoms with Gasteiger partial charge in [-0.1, -0.05) is 0 Å². The van der Waals surface area contributed by atoms with E-state index in [-0.39, 0.29) is 6.10 Å². The summed E-state index contributed by atoms with van der Waals surface area (Å²) in [6.07, 6.45) is 3.76. The monoisotopic (exact) mass is 218 g/mol. The summed E-state index contributed by atoms with van der Waals surface area (Å²) in [6.45, 7) is 4.62. The van der Waals surface area contributed by atoms with E-state index in [0.717, 1.165) is 36.5 Å². The molecule has 0 N–H and O–H groups in total. The molecule has 1 unspecified atom stereocenters. The van der Waals surface area contributed by atoms with E-state index in [1.807, 2.05) is 12.1 Å². The van der Waals surface area contributed by atoms with Crippen molar-refractivity contribution in [3.05, 3.63) is 24.6 Å². The number of furan rings is 1. The molecular weight excluding hydrogens is 204 g/mol. The number of nitrogens with zero attached hydrogens (tertiary/aromatic N) is 2. The number of ether oxygens (including phenoxy) is 1. The van der Waals surface area contributed by atoms with Gasteiger partial charge < -0.3 is 14.1 Å². The van der Waals surface area contributed by atoms with Crippen molar-refractivity contribution in [2.45, 2.75) is 13.0 Å². The van der Waals surface area contributed by atoms with E-state index < -0.39 is 0 Å². The maximum atomic E-state index is 5.53. The highest BCUT2D eigenvalue weighted by Gasteiger charge is 2.20. The molecule has 0 aromatic carbocycles. The number of aromatic nitrogens is 1. The van der Waals surface area contributed by atoms with Crippen LogP contribution in [-0.4, -0.2) is 30.8 Å². The summed E-state index contributed by atoms with van der Waals surface area (Å²) in [7, 11) is 0. The van der Waals surface area contributed by atoms with Gasteiger partial charge in [0.05, 0.1) is 24.4 Å². The Kier molecular flexibility index (Phi) is 2.29. The fourth-order valence-electron chi connectivity index (χ4n) is 2.14. The molecule has 1 aliphatic rings. The normalized spacial score (nSPS) is 21.6. The predicted octanol–water partition coefficient (Wildman–Crippen LogP) is 2.05. The zero-order valence-corrected chi connectivity index (χ0v) is 9.22. The van der Waals surface area contributed by atoms with Gasteiger partial charge >= 0.3 is 0 Å². The third kappa shape index (κ3) is 1.55. The number of pyridine rings is 1. The first-order chi connectivity index (χ1) is 7.84. The lowest BCUT2D eigenvalue weighted by Gasteiger charge is -2.32. The van der Waals surface area contributed by atoms with Gasteiger partial charge in [-0.15, -0.1) is 0 Å². The Bertz CT molecular complexity index is 494. The van der Waals surface area contributed by atoms with Gasteiger partial charge in [-0.2, -0.15) is 0 Å². The van der Waals surface area contributed by atoms with Gasteiger partial charge in [-0.3, -0.25) is 0 Å². The van der Waals surface area contributed by atoms with Crippen molar-refractivity contribution in [1.29, 1.82) is 0 Å². The molecule has 1 atom stereocenters. The molecule has 84 valence electrons. The Balaban J connectivity index is 2.01. The van der Waals surface area contributed by atoms with Gasteiger partial charge in [0.1, 0.15) is 11.4 Å². The van der Waals surface area contributed by atoms with Crippen LogP contribution in [0.25, 0.3) is 11.0 Å². The topological polar surface area (TPSA) is 38.5 Å². The van der Waals surface area contributed by atoms with E-state index in [1.54, 1.807) is 12.5 Å². The summed E-state index contributed by atoms with van der Waals surface area (Å²) < 4.78 is 10.9. The summed E-state index contributed by atoms with van der Waals surface area (Å²) in [5, 5.41) is 1.08. The van der Waals surface area contributed by atoms with E-state index in [9.17, 15) is 0 Å². The van der Waals surface area contributed by atoms with Crippen molar-refractivity contribution in [2.24, 2.45) is 0 Å². The molecule has 0 radical (unpaired) electrons. The Hall–Kier alpha value is -1.55. The number of morpholine rings is 1. The second-order valence-electron chi connectivity index (χ2n) is 4.09. The second-order valence-corrected chi connectivity index (χ2v) is 4.09. The number of hydrogen-bond acceptors (Lipinski definition) is 4. The van der Waals surface area contributed by atoms with Gasteiger partial charge in [0.25, 0.3) is 0 Å². The highest BCUT2D eigenvalue weighted by Crippen LogP contribution is 2.26. The van der Waals surface area contributed by atoms with E-state index in [4.69, 9.17) is 9.15 Å². The molecule has 1 aliphatic heterocycles. The standard InChI is InChI=1S/C12H14N2O2/c1-9-8-14(5-7-15-9)12-10-3-6-16-11(10)2-4-13-12/h2-4,6,9H,5,7-8H2,1H3. The fraction of sp³-hybridized carbons (Fsp3) is 0.417. The Morgan fingerprint density at radius 1 is 1.44 bits per heavy atom. The molecule has 0 saturated carbocycles. The first-order valence-electron chi connectivity index (χ1n) is 5.53. The summed E-state index contributed by atoms with van der Waals surface area (Å²) in [4.78, 5) is 6.70. The minimum Gasteiger partial charge on any atom is -0.464 e. The number of rotatable bonds is 1. The first kappa shape index (κ1) is 9.66. The first-order valence-corrected chi connectivity index (χ1v) is 5.53. The molecule has 0 aliphatic carbocycles. The van der Waals surface area contributed by atoms with Crippen LogP contribution in [0.1, 0.15) is 6.92 Å². The summed E-state index contributed by atoms with van der Waals surface area (Å²) in [5.74, 6) is 1.00. The molecule has 0 amide bonds. The highest BCUT2D eigenvalue weighted by molar-refractivity contribution is 5.88. The number of anilines is 1. The Morgan fingerprint density at radius 2 is 2.38 bits per heavy atom. The third-order valence-corrected chi connectivity index (χ3v) is 2.90. The molecular formula is C12H14N2O2. The maximum absolute atomic E-state index is 5.53. The largest absolute Gasteiger partial charge is 0.464 e. The summed E-state index contributed by atoms with van der Waals surface area (Å²) in [5.41, 5.74) is 0.893. The van der Waals surface area contributed by atoms with Crippen molar-refractivity contribution >= 4 is 16.8 Å². The molecule has 1 fully saturated rings. The van der Waals surface area contributed by atoms with Crippen molar-refractivity contribution < 1.29 is 9.15 Å². The van der Waals surface area contributed by atoms with Gasteiger partial charge in [-0.25, -0.2) is 4.98 Å². The molecule has 4 nitrogen and oxygen atoms in total. The smallest absolute Gasteiger partial charge is 0.139 e. The van der Waals surface area contributed by atoms with E-state index >= 15 is 0 Å². The molecule has 4 heteroatoms. The van der Waals surface area contributed by atoms with Gasteiger partial charge in [0, 0.05) is 19.3 Å². The zero-order chi connectivity index (χ0) is 11.0. The minimum atomic E-state index is 0.262. The molecule has 3 heterocycles. The average molecular weight is 218 g/mol. The molecule has 2 aromatic heterocycles. The number of hydrogen-bond donors (Lipinski definition) is 0. The number of fused-ring (bicyclic) bond motifs is 1. The van der Waals surface area contributed by atoms with Gasteiger partial charge in [0.15, 0.2) is 0 Å². The van der Waals surface area contributed by atoms with Crippen LogP contribution in [0, 0.1) is 0 Å². The van der Waals surface area contributed by atoms with Crippen LogP contribution in [0.3, 0.4) is 0 Å². The van der Waals surface area contributed by atoms with Gasteiger partial charge in [-0.05, 0) is 19.1 Å². The van der Waals surface area contributed by atoms with Crippen LogP contribution in [0.2, 0.25) is 0 Å². The quantitative estimate of drug-likeness (QED) is 0.734. The van der Waals surface area contributed by atoms with Crippen LogP contribution < -0.4 is 4.90 Å².